The number of rotatable bonds is 7. The van der Waals surface area contributed by atoms with Gasteiger partial charge >= 0.3 is 0 Å². The van der Waals surface area contributed by atoms with E-state index in [-0.39, 0.29) is 15.9 Å². The predicted octanol–water partition coefficient (Wildman–Crippen LogP) is 4.80. The molecule has 3 rings (SSSR count). The zero-order chi connectivity index (χ0) is 24.0. The molecule has 7 nitrogen and oxygen atoms in total. The molecule has 0 unspecified atom stereocenters. The third kappa shape index (κ3) is 6.10. The van der Waals surface area contributed by atoms with Gasteiger partial charge in [0.05, 0.1) is 21.7 Å². The van der Waals surface area contributed by atoms with Gasteiger partial charge in [-0.3, -0.25) is 14.4 Å². The Morgan fingerprint density at radius 1 is 1.06 bits per heavy atom. The molecular weight excluding hydrogens is 526 g/mol. The lowest BCUT2D eigenvalue weighted by Gasteiger charge is -2.19. The molecule has 0 radical (unpaired) electrons. The molecule has 0 bridgehead atoms. The van der Waals surface area contributed by atoms with E-state index in [0.717, 1.165) is 0 Å². The number of thiocarbonyl (C=S) groups is 1. The van der Waals surface area contributed by atoms with Gasteiger partial charge in [-0.25, -0.2) is 8.42 Å². The van der Waals surface area contributed by atoms with Crippen molar-refractivity contribution < 1.29 is 17.9 Å². The standard InChI is InChI=1S/C23H22BrN3O4S2/c1-3-31-21-14-9-16(15-20(21)24)22(28)26-23(32)25-17-10-12-19(13-11-17)33(29,30)27(2)18-7-5-4-6-8-18/h4-15H,3H2,1-2H3,(H2,25,26,28,32). The topological polar surface area (TPSA) is 87.7 Å². The second kappa shape index (κ2) is 10.8. The fourth-order valence-electron chi connectivity index (χ4n) is 2.90. The van der Waals surface area contributed by atoms with Crippen molar-refractivity contribution in [2.45, 2.75) is 11.8 Å². The summed E-state index contributed by atoms with van der Waals surface area (Å²) in [5.41, 5.74) is 1.50. The number of benzene rings is 3. The summed E-state index contributed by atoms with van der Waals surface area (Å²) >= 11 is 8.60. The number of carbonyl (C=O) groups is 1. The number of halogens is 1. The van der Waals surface area contributed by atoms with Gasteiger partial charge in [0.25, 0.3) is 15.9 Å². The highest BCUT2D eigenvalue weighted by Gasteiger charge is 2.21. The van der Waals surface area contributed by atoms with Gasteiger partial charge in [0.15, 0.2) is 5.11 Å². The van der Waals surface area contributed by atoms with Gasteiger partial charge in [0, 0.05) is 18.3 Å². The Bertz CT molecular complexity index is 1250. The van der Waals surface area contributed by atoms with Gasteiger partial charge in [0.1, 0.15) is 5.75 Å². The Kier molecular flexibility index (Phi) is 8.06. The fourth-order valence-corrected chi connectivity index (χ4v) is 4.80. The molecule has 0 saturated heterocycles. The predicted molar refractivity (Wildman–Crippen MR) is 137 cm³/mol. The minimum Gasteiger partial charge on any atom is -0.493 e. The van der Waals surface area contributed by atoms with Crippen LogP contribution in [0.3, 0.4) is 0 Å². The highest BCUT2D eigenvalue weighted by atomic mass is 79.9. The molecule has 0 spiro atoms. The summed E-state index contributed by atoms with van der Waals surface area (Å²) in [6.07, 6.45) is 0. The van der Waals surface area contributed by atoms with Crippen LogP contribution in [0.1, 0.15) is 17.3 Å². The van der Waals surface area contributed by atoms with Crippen molar-refractivity contribution in [2.24, 2.45) is 0 Å². The quantitative estimate of drug-likeness (QED) is 0.413. The van der Waals surface area contributed by atoms with Gasteiger partial charge in [-0.1, -0.05) is 18.2 Å². The van der Waals surface area contributed by atoms with E-state index in [4.69, 9.17) is 17.0 Å². The van der Waals surface area contributed by atoms with E-state index < -0.39 is 10.0 Å². The monoisotopic (exact) mass is 547 g/mol. The summed E-state index contributed by atoms with van der Waals surface area (Å²) in [7, 11) is -2.22. The maximum atomic E-state index is 12.9. The van der Waals surface area contributed by atoms with Crippen molar-refractivity contribution in [3.63, 3.8) is 0 Å². The third-order valence-electron chi connectivity index (χ3n) is 4.61. The summed E-state index contributed by atoms with van der Waals surface area (Å²) in [5, 5.41) is 5.57. The van der Waals surface area contributed by atoms with E-state index in [0.29, 0.717) is 33.8 Å². The Morgan fingerprint density at radius 2 is 1.73 bits per heavy atom. The van der Waals surface area contributed by atoms with Crippen molar-refractivity contribution in [1.29, 1.82) is 0 Å². The molecule has 10 heteroatoms. The van der Waals surface area contributed by atoms with Crippen LogP contribution in [-0.2, 0) is 10.0 Å². The lowest BCUT2D eigenvalue weighted by atomic mass is 10.2. The number of para-hydroxylation sites is 1. The number of nitrogens with one attached hydrogen (secondary N) is 2. The van der Waals surface area contributed by atoms with E-state index in [1.54, 1.807) is 54.6 Å². The SMILES string of the molecule is CCOc1ccc(C(=O)NC(=S)Nc2ccc(S(=O)(=O)N(C)c3ccccc3)cc2)cc1Br. The van der Waals surface area contributed by atoms with Crippen molar-refractivity contribution in [1.82, 2.24) is 5.32 Å². The fraction of sp³-hybridized carbons (Fsp3) is 0.130. The van der Waals surface area contributed by atoms with Gasteiger partial charge in [-0.05, 0) is 89.7 Å². The first-order chi connectivity index (χ1) is 15.7. The average molecular weight is 548 g/mol. The van der Waals surface area contributed by atoms with Crippen molar-refractivity contribution in [2.75, 3.05) is 23.3 Å². The highest BCUT2D eigenvalue weighted by molar-refractivity contribution is 9.10. The molecule has 0 aliphatic rings. The Hall–Kier alpha value is -2.95. The normalized spacial score (nSPS) is 10.9. The van der Waals surface area contributed by atoms with E-state index in [1.165, 1.54) is 23.5 Å². The number of nitrogens with zero attached hydrogens (tertiary/aromatic N) is 1. The van der Waals surface area contributed by atoms with Crippen LogP contribution in [0.4, 0.5) is 11.4 Å². The number of hydrogen-bond acceptors (Lipinski definition) is 5. The largest absolute Gasteiger partial charge is 0.493 e. The summed E-state index contributed by atoms with van der Waals surface area (Å²) < 4.78 is 33.1. The molecule has 2 N–H and O–H groups in total. The second-order valence-electron chi connectivity index (χ2n) is 6.82. The molecule has 0 aliphatic carbocycles. The van der Waals surface area contributed by atoms with E-state index in [9.17, 15) is 13.2 Å². The van der Waals surface area contributed by atoms with E-state index >= 15 is 0 Å². The Morgan fingerprint density at radius 3 is 2.33 bits per heavy atom. The van der Waals surface area contributed by atoms with E-state index in [1.807, 2.05) is 13.0 Å². The van der Waals surface area contributed by atoms with Crippen LogP contribution in [0.15, 0.2) is 82.2 Å². The minimum atomic E-state index is -3.72. The molecule has 0 saturated carbocycles. The molecule has 33 heavy (non-hydrogen) atoms. The molecule has 0 aromatic heterocycles. The average Bonchev–Trinajstić information content (AvgIpc) is 2.80. The first-order valence-corrected chi connectivity index (χ1v) is 12.5. The van der Waals surface area contributed by atoms with Gasteiger partial charge in [-0.2, -0.15) is 0 Å². The number of sulfonamides is 1. The van der Waals surface area contributed by atoms with Crippen LogP contribution in [0.25, 0.3) is 0 Å². The maximum Gasteiger partial charge on any atom is 0.264 e. The minimum absolute atomic E-state index is 0.0852. The van der Waals surface area contributed by atoms with Crippen molar-refractivity contribution in [3.05, 3.63) is 82.8 Å². The molecule has 1 amide bonds. The molecule has 3 aromatic rings. The highest BCUT2D eigenvalue weighted by Crippen LogP contribution is 2.26. The first-order valence-electron chi connectivity index (χ1n) is 9.91. The maximum absolute atomic E-state index is 12.9. The van der Waals surface area contributed by atoms with Crippen LogP contribution in [0, 0.1) is 0 Å². The lowest BCUT2D eigenvalue weighted by molar-refractivity contribution is 0.0977. The molecule has 3 aromatic carbocycles. The van der Waals surface area contributed by atoms with E-state index in [2.05, 4.69) is 26.6 Å². The van der Waals surface area contributed by atoms with Crippen molar-refractivity contribution >= 4 is 60.6 Å². The molecule has 172 valence electrons. The number of hydrogen-bond donors (Lipinski definition) is 2. The first kappa shape index (κ1) is 24.7. The summed E-state index contributed by atoms with van der Waals surface area (Å²) in [5.74, 6) is 0.252. The van der Waals surface area contributed by atoms with Crippen LogP contribution in [0.5, 0.6) is 5.75 Å². The van der Waals surface area contributed by atoms with Crippen LogP contribution >= 0.6 is 28.1 Å². The Balaban J connectivity index is 1.64. The number of ether oxygens (including phenoxy) is 1. The molecule has 0 heterocycles. The molecular formula is C23H22BrN3O4S2. The van der Waals surface area contributed by atoms with Gasteiger partial charge in [-0.15, -0.1) is 0 Å². The lowest BCUT2D eigenvalue weighted by Crippen LogP contribution is -2.34. The number of anilines is 2. The third-order valence-corrected chi connectivity index (χ3v) is 7.23. The zero-order valence-corrected chi connectivity index (χ0v) is 21.1. The number of amides is 1. The smallest absolute Gasteiger partial charge is 0.264 e. The Labute approximate surface area is 206 Å². The van der Waals surface area contributed by atoms with Gasteiger partial charge < -0.3 is 10.1 Å². The molecule has 0 fully saturated rings. The van der Waals surface area contributed by atoms with Crippen molar-refractivity contribution in [3.8, 4) is 5.75 Å². The molecule has 0 atom stereocenters. The second-order valence-corrected chi connectivity index (χ2v) is 10.1. The number of carbonyl (C=O) groups excluding carboxylic acids is 1. The molecule has 0 aliphatic heterocycles. The summed E-state index contributed by atoms with van der Waals surface area (Å²) in [6.45, 7) is 2.39. The van der Waals surface area contributed by atoms with Gasteiger partial charge in [0.2, 0.25) is 0 Å². The summed E-state index contributed by atoms with van der Waals surface area (Å²) in [6, 6.07) is 19.9. The summed E-state index contributed by atoms with van der Waals surface area (Å²) in [4.78, 5) is 12.6. The van der Waals surface area contributed by atoms with Crippen LogP contribution in [0.2, 0.25) is 0 Å². The zero-order valence-electron chi connectivity index (χ0n) is 17.9. The van der Waals surface area contributed by atoms with Crippen LogP contribution < -0.4 is 19.7 Å². The van der Waals surface area contributed by atoms with Crippen LogP contribution in [-0.4, -0.2) is 33.1 Å².